The number of hydrogen-bond donors (Lipinski definition) is 1. The number of piperazine rings is 1. The summed E-state index contributed by atoms with van der Waals surface area (Å²) in [6, 6.07) is 4.13. The summed E-state index contributed by atoms with van der Waals surface area (Å²) in [6.07, 6.45) is -5.02. The standard InChI is InChI=1S/C14H18F4N2O/c1-10(21)12-8-11(15)2-3-13(12)20-6-4-19(5-7-20)9-14(16,17)18/h2-3,8,10,21H,4-7,9H2,1H3/t10-/m1/s1. The molecule has 0 bridgehead atoms. The summed E-state index contributed by atoms with van der Waals surface area (Å²) in [5.41, 5.74) is 1.14. The lowest BCUT2D eigenvalue weighted by molar-refractivity contribution is -0.146. The molecule has 21 heavy (non-hydrogen) atoms. The van der Waals surface area contributed by atoms with Crippen LogP contribution in [-0.2, 0) is 0 Å². The zero-order valence-electron chi connectivity index (χ0n) is 11.7. The van der Waals surface area contributed by atoms with E-state index >= 15 is 0 Å². The first-order chi connectivity index (χ1) is 9.76. The van der Waals surface area contributed by atoms with Gasteiger partial charge in [0.1, 0.15) is 5.82 Å². The van der Waals surface area contributed by atoms with Crippen molar-refractivity contribution in [3.63, 3.8) is 0 Å². The van der Waals surface area contributed by atoms with Crippen molar-refractivity contribution in [1.82, 2.24) is 4.90 Å². The van der Waals surface area contributed by atoms with Crippen molar-refractivity contribution in [2.75, 3.05) is 37.6 Å². The van der Waals surface area contributed by atoms with Crippen LogP contribution in [0.5, 0.6) is 0 Å². The van der Waals surface area contributed by atoms with Crippen molar-refractivity contribution < 1.29 is 22.7 Å². The summed E-state index contributed by atoms with van der Waals surface area (Å²) in [4.78, 5) is 3.23. The van der Waals surface area contributed by atoms with E-state index in [0.29, 0.717) is 24.3 Å². The lowest BCUT2D eigenvalue weighted by Gasteiger charge is -2.37. The highest BCUT2D eigenvalue weighted by atomic mass is 19.4. The Morgan fingerprint density at radius 2 is 1.81 bits per heavy atom. The lowest BCUT2D eigenvalue weighted by atomic mass is 10.1. The number of alkyl halides is 3. The van der Waals surface area contributed by atoms with E-state index in [9.17, 15) is 22.7 Å². The van der Waals surface area contributed by atoms with E-state index in [1.165, 1.54) is 24.0 Å². The van der Waals surface area contributed by atoms with Crippen molar-refractivity contribution in [2.45, 2.75) is 19.2 Å². The summed E-state index contributed by atoms with van der Waals surface area (Å²) in [5.74, 6) is -0.439. The van der Waals surface area contributed by atoms with E-state index in [0.717, 1.165) is 0 Å². The molecule has 0 saturated carbocycles. The Morgan fingerprint density at radius 3 is 2.33 bits per heavy atom. The number of halogens is 4. The van der Waals surface area contributed by atoms with Gasteiger partial charge in [-0.3, -0.25) is 4.90 Å². The first-order valence-corrected chi connectivity index (χ1v) is 6.78. The van der Waals surface area contributed by atoms with Crippen LogP contribution in [0.4, 0.5) is 23.2 Å². The molecule has 118 valence electrons. The Morgan fingerprint density at radius 1 is 1.19 bits per heavy atom. The van der Waals surface area contributed by atoms with Gasteiger partial charge in [-0.1, -0.05) is 0 Å². The summed E-state index contributed by atoms with van der Waals surface area (Å²) in [6.45, 7) is 2.04. The summed E-state index contributed by atoms with van der Waals surface area (Å²) < 4.78 is 50.3. The Labute approximate surface area is 120 Å². The largest absolute Gasteiger partial charge is 0.401 e. The quantitative estimate of drug-likeness (QED) is 0.870. The first-order valence-electron chi connectivity index (χ1n) is 6.78. The third-order valence-corrected chi connectivity index (χ3v) is 3.56. The minimum absolute atomic E-state index is 0.288. The number of aliphatic hydroxyl groups is 1. The highest BCUT2D eigenvalue weighted by molar-refractivity contribution is 5.55. The van der Waals surface area contributed by atoms with Crippen molar-refractivity contribution in [1.29, 1.82) is 0 Å². The molecule has 1 saturated heterocycles. The second-order valence-corrected chi connectivity index (χ2v) is 5.26. The molecule has 0 aliphatic carbocycles. The molecule has 2 rings (SSSR count). The van der Waals surface area contributed by atoms with Crippen LogP contribution in [-0.4, -0.2) is 48.9 Å². The second-order valence-electron chi connectivity index (χ2n) is 5.26. The van der Waals surface area contributed by atoms with Crippen LogP contribution in [0.3, 0.4) is 0 Å². The summed E-state index contributed by atoms with van der Waals surface area (Å²) in [7, 11) is 0. The lowest BCUT2D eigenvalue weighted by Crippen LogP contribution is -2.49. The number of hydrogen-bond acceptors (Lipinski definition) is 3. The molecular weight excluding hydrogens is 288 g/mol. The maximum Gasteiger partial charge on any atom is 0.401 e. The third-order valence-electron chi connectivity index (χ3n) is 3.56. The summed E-state index contributed by atoms with van der Waals surface area (Å²) >= 11 is 0. The van der Waals surface area contributed by atoms with Crippen LogP contribution < -0.4 is 4.90 Å². The molecule has 0 spiro atoms. The monoisotopic (exact) mass is 306 g/mol. The maximum absolute atomic E-state index is 13.3. The molecule has 1 atom stereocenters. The van der Waals surface area contributed by atoms with Crippen LogP contribution in [0.1, 0.15) is 18.6 Å². The van der Waals surface area contributed by atoms with E-state index in [2.05, 4.69) is 0 Å². The third kappa shape index (κ3) is 4.31. The number of rotatable bonds is 3. The molecule has 0 unspecified atom stereocenters. The van der Waals surface area contributed by atoms with Crippen molar-refractivity contribution >= 4 is 5.69 Å². The average Bonchev–Trinajstić information content (AvgIpc) is 2.38. The van der Waals surface area contributed by atoms with Gasteiger partial charge in [-0.05, 0) is 25.1 Å². The van der Waals surface area contributed by atoms with Gasteiger partial charge in [-0.25, -0.2) is 4.39 Å². The van der Waals surface area contributed by atoms with E-state index in [-0.39, 0.29) is 13.1 Å². The van der Waals surface area contributed by atoms with Gasteiger partial charge in [0.15, 0.2) is 0 Å². The highest BCUT2D eigenvalue weighted by Crippen LogP contribution is 2.28. The number of anilines is 1. The normalized spacial score (nSPS) is 18.9. The molecule has 0 amide bonds. The average molecular weight is 306 g/mol. The van der Waals surface area contributed by atoms with Gasteiger partial charge < -0.3 is 10.0 Å². The van der Waals surface area contributed by atoms with Gasteiger partial charge in [0.2, 0.25) is 0 Å². The minimum atomic E-state index is -4.19. The fourth-order valence-electron chi connectivity index (χ4n) is 2.55. The van der Waals surface area contributed by atoms with E-state index in [1.54, 1.807) is 6.07 Å². The maximum atomic E-state index is 13.3. The topological polar surface area (TPSA) is 26.7 Å². The van der Waals surface area contributed by atoms with Crippen LogP contribution >= 0.6 is 0 Å². The molecule has 1 N–H and O–H groups in total. The van der Waals surface area contributed by atoms with Crippen molar-refractivity contribution in [3.8, 4) is 0 Å². The van der Waals surface area contributed by atoms with Crippen LogP contribution in [0.25, 0.3) is 0 Å². The van der Waals surface area contributed by atoms with Crippen molar-refractivity contribution in [3.05, 3.63) is 29.6 Å². The van der Waals surface area contributed by atoms with E-state index in [1.807, 2.05) is 4.90 Å². The van der Waals surface area contributed by atoms with Crippen molar-refractivity contribution in [2.24, 2.45) is 0 Å². The molecule has 0 radical (unpaired) electrons. The van der Waals surface area contributed by atoms with E-state index in [4.69, 9.17) is 0 Å². The first kappa shape index (κ1) is 16.0. The Hall–Kier alpha value is -1.34. The zero-order chi connectivity index (χ0) is 15.6. The Bertz CT molecular complexity index is 482. The molecule has 1 heterocycles. The molecule has 0 aromatic heterocycles. The number of nitrogens with zero attached hydrogens (tertiary/aromatic N) is 2. The Kier molecular flexibility index (Phi) is 4.73. The predicted octanol–water partition coefficient (Wildman–Crippen LogP) is 2.56. The zero-order valence-corrected chi connectivity index (χ0v) is 11.7. The molecule has 1 aromatic rings. The highest BCUT2D eigenvalue weighted by Gasteiger charge is 2.32. The fraction of sp³-hybridized carbons (Fsp3) is 0.571. The van der Waals surface area contributed by atoms with Gasteiger partial charge in [-0.2, -0.15) is 13.2 Å². The minimum Gasteiger partial charge on any atom is -0.389 e. The van der Waals surface area contributed by atoms with Gasteiger partial charge in [0, 0.05) is 37.4 Å². The molecular formula is C14H18F4N2O. The van der Waals surface area contributed by atoms with Crippen LogP contribution in [0, 0.1) is 5.82 Å². The second kappa shape index (κ2) is 6.19. The van der Waals surface area contributed by atoms with Crippen LogP contribution in [0.2, 0.25) is 0 Å². The molecule has 1 fully saturated rings. The van der Waals surface area contributed by atoms with Crippen LogP contribution in [0.15, 0.2) is 18.2 Å². The van der Waals surface area contributed by atoms with E-state index < -0.39 is 24.6 Å². The predicted molar refractivity (Wildman–Crippen MR) is 71.7 cm³/mol. The smallest absolute Gasteiger partial charge is 0.389 e. The number of aliphatic hydroxyl groups excluding tert-OH is 1. The molecule has 7 heteroatoms. The Balaban J connectivity index is 2.06. The van der Waals surface area contributed by atoms with Gasteiger partial charge >= 0.3 is 6.18 Å². The molecule has 1 aliphatic heterocycles. The molecule has 3 nitrogen and oxygen atoms in total. The number of benzene rings is 1. The SMILES string of the molecule is C[C@@H](O)c1cc(F)ccc1N1CCN(CC(F)(F)F)CC1. The molecule has 1 aliphatic rings. The fourth-order valence-corrected chi connectivity index (χ4v) is 2.55. The van der Waals surface area contributed by atoms with Gasteiger partial charge in [0.05, 0.1) is 12.6 Å². The molecule has 1 aromatic carbocycles. The van der Waals surface area contributed by atoms with Gasteiger partial charge in [0.25, 0.3) is 0 Å². The van der Waals surface area contributed by atoms with Gasteiger partial charge in [-0.15, -0.1) is 0 Å². The summed E-state index contributed by atoms with van der Waals surface area (Å²) in [5, 5.41) is 9.71.